The first kappa shape index (κ1) is 17.6. The second kappa shape index (κ2) is 6.59. The predicted octanol–water partition coefficient (Wildman–Crippen LogP) is 1.48. The normalized spacial score (nSPS) is 21.9. The Bertz CT molecular complexity index is 826. The number of ether oxygens (including phenoxy) is 1. The summed E-state index contributed by atoms with van der Waals surface area (Å²) >= 11 is 0. The molecule has 136 valence electrons. The molecule has 1 saturated heterocycles. The van der Waals surface area contributed by atoms with Gasteiger partial charge in [-0.1, -0.05) is 12.1 Å². The summed E-state index contributed by atoms with van der Waals surface area (Å²) in [6.07, 6.45) is -6.30. The number of benzene rings is 1. The van der Waals surface area contributed by atoms with Crippen molar-refractivity contribution in [3.05, 3.63) is 30.6 Å². The van der Waals surface area contributed by atoms with E-state index >= 15 is 0 Å². The van der Waals surface area contributed by atoms with Crippen LogP contribution in [-0.2, 0) is 14.9 Å². The molecule has 2 heterocycles. The average Bonchev–Trinajstić information content (AvgIpc) is 3.09. The summed E-state index contributed by atoms with van der Waals surface area (Å²) in [6.45, 7) is -0.313. The third-order valence-corrected chi connectivity index (χ3v) is 5.33. The van der Waals surface area contributed by atoms with Gasteiger partial charge in [0.25, 0.3) is 0 Å². The van der Waals surface area contributed by atoms with Crippen molar-refractivity contribution in [2.75, 3.05) is 6.61 Å². The lowest BCUT2D eigenvalue weighted by molar-refractivity contribution is -0.229. The van der Waals surface area contributed by atoms with Crippen molar-refractivity contribution in [2.45, 2.75) is 30.4 Å². The largest absolute Gasteiger partial charge is 0.414 e. The fourth-order valence-corrected chi connectivity index (χ4v) is 3.76. The molecule has 8 nitrogen and oxygen atoms in total. The fourth-order valence-electron chi connectivity index (χ4n) is 2.44. The maximum atomic E-state index is 12.8. The van der Waals surface area contributed by atoms with Gasteiger partial charge in [-0.05, 0) is 29.0 Å². The van der Waals surface area contributed by atoms with Crippen LogP contribution in [0.4, 0.5) is 13.2 Å². The third-order valence-electron chi connectivity index (χ3n) is 3.68. The van der Waals surface area contributed by atoms with Gasteiger partial charge >= 0.3 is 16.3 Å². The Labute approximate surface area is 140 Å². The minimum absolute atomic E-state index is 0.0788. The van der Waals surface area contributed by atoms with Crippen LogP contribution in [0.15, 0.2) is 30.6 Å². The first-order chi connectivity index (χ1) is 11.8. The topological polar surface area (TPSA) is 96.2 Å². The minimum Gasteiger partial charge on any atom is -0.380 e. The van der Waals surface area contributed by atoms with Crippen LogP contribution in [0.3, 0.4) is 0 Å². The Morgan fingerprint density at radius 3 is 2.72 bits per heavy atom. The van der Waals surface area contributed by atoms with E-state index in [1.807, 2.05) is 0 Å². The molecule has 0 radical (unpaired) electrons. The number of tetrazole rings is 1. The average molecular weight is 378 g/mol. The van der Waals surface area contributed by atoms with E-state index in [9.17, 15) is 21.6 Å². The number of alkyl halides is 3. The second-order valence-corrected chi connectivity index (χ2v) is 7.16. The van der Waals surface area contributed by atoms with Gasteiger partial charge in [0.1, 0.15) is 17.3 Å². The van der Waals surface area contributed by atoms with E-state index in [1.165, 1.54) is 29.2 Å². The monoisotopic (exact) mass is 378 g/mol. The Morgan fingerprint density at radius 2 is 2.04 bits per heavy atom. The van der Waals surface area contributed by atoms with Crippen LogP contribution in [0, 0.1) is 0 Å². The fraction of sp³-hybridized carbons (Fsp3) is 0.462. The minimum atomic E-state index is -4.63. The van der Waals surface area contributed by atoms with Crippen LogP contribution in [0.1, 0.15) is 12.8 Å². The first-order valence-electron chi connectivity index (χ1n) is 7.21. The number of rotatable bonds is 4. The zero-order chi connectivity index (χ0) is 18.1. The van der Waals surface area contributed by atoms with Crippen molar-refractivity contribution >= 4 is 10.1 Å². The molecular formula is C13H13F3N4O4S. The first-order valence-corrected chi connectivity index (χ1v) is 8.68. The Morgan fingerprint density at radius 1 is 1.28 bits per heavy atom. The van der Waals surface area contributed by atoms with E-state index in [2.05, 4.69) is 20.3 Å². The van der Waals surface area contributed by atoms with Crippen molar-refractivity contribution in [1.82, 2.24) is 20.2 Å². The van der Waals surface area contributed by atoms with E-state index in [0.29, 0.717) is 0 Å². The Hall–Kier alpha value is -2.21. The van der Waals surface area contributed by atoms with Crippen LogP contribution >= 0.6 is 0 Å². The molecule has 2 aromatic rings. The molecule has 2 atom stereocenters. The number of halogens is 3. The molecule has 1 aliphatic rings. The molecule has 12 heteroatoms. The molecule has 25 heavy (non-hydrogen) atoms. The number of hydrogen-bond acceptors (Lipinski definition) is 7. The van der Waals surface area contributed by atoms with Crippen molar-refractivity contribution in [1.29, 1.82) is 0 Å². The predicted molar refractivity (Wildman–Crippen MR) is 77.5 cm³/mol. The van der Waals surface area contributed by atoms with Crippen LogP contribution in [0.2, 0.25) is 0 Å². The number of hydrogen-bond donors (Lipinski definition) is 0. The Balaban J connectivity index is 1.83. The summed E-state index contributed by atoms with van der Waals surface area (Å²) < 4.78 is 74.2. The lowest BCUT2D eigenvalue weighted by Crippen LogP contribution is -2.43. The highest BCUT2D eigenvalue weighted by Crippen LogP contribution is 2.33. The molecule has 0 aliphatic carbocycles. The van der Waals surface area contributed by atoms with Gasteiger partial charge in [0, 0.05) is 13.0 Å². The molecule has 1 aromatic heterocycles. The van der Waals surface area contributed by atoms with Gasteiger partial charge in [-0.25, -0.2) is 0 Å². The van der Waals surface area contributed by atoms with Gasteiger partial charge in [-0.3, -0.25) is 0 Å². The summed E-state index contributed by atoms with van der Waals surface area (Å²) in [6, 6.07) is 6.03. The summed E-state index contributed by atoms with van der Waals surface area (Å²) in [5, 5.41) is 9.22. The quantitative estimate of drug-likeness (QED) is 0.744. The highest BCUT2D eigenvalue weighted by atomic mass is 32.2. The summed E-state index contributed by atoms with van der Waals surface area (Å²) in [5.41, 5.74) is 0.246. The molecule has 2 unspecified atom stereocenters. The Kier molecular flexibility index (Phi) is 4.64. The van der Waals surface area contributed by atoms with Crippen LogP contribution in [-0.4, -0.2) is 52.8 Å². The van der Waals surface area contributed by atoms with E-state index < -0.39 is 34.1 Å². The van der Waals surface area contributed by atoms with Gasteiger partial charge < -0.3 is 8.92 Å². The molecule has 1 aromatic carbocycles. The maximum absolute atomic E-state index is 12.8. The van der Waals surface area contributed by atoms with Crippen LogP contribution in [0.25, 0.3) is 5.69 Å². The number of para-hydroxylation sites is 2. The lowest BCUT2D eigenvalue weighted by atomic mass is 10.1. The van der Waals surface area contributed by atoms with Gasteiger partial charge in [0.05, 0.1) is 0 Å². The van der Waals surface area contributed by atoms with Crippen molar-refractivity contribution in [2.24, 2.45) is 0 Å². The van der Waals surface area contributed by atoms with E-state index in [0.717, 1.165) is 0 Å². The lowest BCUT2D eigenvalue weighted by Gasteiger charge is -2.30. The van der Waals surface area contributed by atoms with Crippen molar-refractivity contribution < 1.29 is 30.5 Å². The molecule has 0 saturated carbocycles. The van der Waals surface area contributed by atoms with Gasteiger partial charge in [0.15, 0.2) is 11.9 Å². The van der Waals surface area contributed by atoms with Crippen LogP contribution < -0.4 is 4.18 Å². The summed E-state index contributed by atoms with van der Waals surface area (Å²) in [7, 11) is -4.31. The molecule has 1 fully saturated rings. The summed E-state index contributed by atoms with van der Waals surface area (Å²) in [4.78, 5) is 0. The summed E-state index contributed by atoms with van der Waals surface area (Å²) in [5.74, 6) is -0.0788. The van der Waals surface area contributed by atoms with E-state index in [1.54, 1.807) is 6.07 Å². The molecule has 0 bridgehead atoms. The second-order valence-electron chi connectivity index (χ2n) is 5.35. The van der Waals surface area contributed by atoms with E-state index in [-0.39, 0.29) is 24.5 Å². The highest BCUT2D eigenvalue weighted by Gasteiger charge is 2.47. The van der Waals surface area contributed by atoms with Gasteiger partial charge in [-0.15, -0.1) is 5.10 Å². The van der Waals surface area contributed by atoms with Crippen molar-refractivity contribution in [3.8, 4) is 11.4 Å². The zero-order valence-corrected chi connectivity index (χ0v) is 13.4. The van der Waals surface area contributed by atoms with E-state index in [4.69, 9.17) is 4.18 Å². The molecule has 3 rings (SSSR count). The molecular weight excluding hydrogens is 365 g/mol. The third kappa shape index (κ3) is 3.90. The molecule has 1 aliphatic heterocycles. The van der Waals surface area contributed by atoms with Crippen LogP contribution in [0.5, 0.6) is 5.75 Å². The van der Waals surface area contributed by atoms with Crippen molar-refractivity contribution in [3.63, 3.8) is 0 Å². The number of aromatic nitrogens is 4. The number of nitrogens with zero attached hydrogens (tertiary/aromatic N) is 4. The zero-order valence-electron chi connectivity index (χ0n) is 12.6. The SMILES string of the molecule is O=S(=O)(Oc1ccccc1-n1cnnn1)C1CCOC(C(F)(F)F)C1. The highest BCUT2D eigenvalue weighted by molar-refractivity contribution is 7.87. The van der Waals surface area contributed by atoms with Gasteiger partial charge in [0.2, 0.25) is 0 Å². The van der Waals surface area contributed by atoms with Gasteiger partial charge in [-0.2, -0.15) is 26.3 Å². The molecule has 0 amide bonds. The maximum Gasteiger partial charge on any atom is 0.414 e. The standard InChI is InChI=1S/C13H13F3N4O4S/c14-13(15,16)12-7-9(5-6-23-12)25(21,22)24-11-4-2-1-3-10(11)20-8-17-18-19-20/h1-4,8-9,12H,5-7H2. The molecule has 0 N–H and O–H groups in total. The molecule has 0 spiro atoms. The smallest absolute Gasteiger partial charge is 0.380 e.